The minimum atomic E-state index is -0.233. The summed E-state index contributed by atoms with van der Waals surface area (Å²) in [5.74, 6) is 3.30. The van der Waals surface area contributed by atoms with E-state index < -0.39 is 0 Å². The van der Waals surface area contributed by atoms with Crippen LogP contribution in [0.25, 0.3) is 0 Å². The van der Waals surface area contributed by atoms with E-state index in [1.54, 1.807) is 11.2 Å². The molecule has 0 radical (unpaired) electrons. The Kier molecular flexibility index (Phi) is 4.10. The van der Waals surface area contributed by atoms with E-state index in [9.17, 15) is 9.59 Å². The Hall–Kier alpha value is -1.78. The standard InChI is InChI=1S/C22H30N2O3/c1-14(22-9-15-5-16(10-22)7-17(6-15)11-22)23-21(26)18-8-20(25)24(12-18)13-19-3-2-4-27-19/h2-4,14-18H,5-13H2,1H3,(H,23,26)/t14-,15?,16?,17?,18-,22?/m0/s1. The van der Waals surface area contributed by atoms with Crippen molar-refractivity contribution in [3.05, 3.63) is 24.2 Å². The highest BCUT2D eigenvalue weighted by atomic mass is 16.3. The van der Waals surface area contributed by atoms with E-state index in [0.717, 1.165) is 23.5 Å². The van der Waals surface area contributed by atoms with Gasteiger partial charge in [0.25, 0.3) is 0 Å². The largest absolute Gasteiger partial charge is 0.467 e. The van der Waals surface area contributed by atoms with Gasteiger partial charge in [0.1, 0.15) is 5.76 Å². The van der Waals surface area contributed by atoms with Crippen LogP contribution < -0.4 is 5.32 Å². The molecule has 1 saturated heterocycles. The second kappa shape index (κ2) is 6.39. The number of carbonyl (C=O) groups is 2. The van der Waals surface area contributed by atoms with Gasteiger partial charge in [0, 0.05) is 19.0 Å². The van der Waals surface area contributed by atoms with Gasteiger partial charge in [0.15, 0.2) is 0 Å². The number of furan rings is 1. The van der Waals surface area contributed by atoms with Gasteiger partial charge < -0.3 is 14.6 Å². The Balaban J connectivity index is 1.21. The van der Waals surface area contributed by atoms with Crippen LogP contribution in [0.15, 0.2) is 22.8 Å². The number of hydrogen-bond acceptors (Lipinski definition) is 3. The van der Waals surface area contributed by atoms with Crippen molar-refractivity contribution in [1.82, 2.24) is 10.2 Å². The first kappa shape index (κ1) is 17.3. The van der Waals surface area contributed by atoms with E-state index in [2.05, 4.69) is 12.2 Å². The Morgan fingerprint density at radius 3 is 2.52 bits per heavy atom. The zero-order valence-electron chi connectivity index (χ0n) is 16.2. The van der Waals surface area contributed by atoms with Crippen molar-refractivity contribution >= 4 is 11.8 Å². The fraction of sp³-hybridized carbons (Fsp3) is 0.727. The van der Waals surface area contributed by atoms with Gasteiger partial charge in [-0.2, -0.15) is 0 Å². The summed E-state index contributed by atoms with van der Waals surface area (Å²) in [7, 11) is 0. The van der Waals surface area contributed by atoms with Crippen molar-refractivity contribution in [2.75, 3.05) is 6.54 Å². The molecule has 5 heteroatoms. The van der Waals surface area contributed by atoms with Gasteiger partial charge in [-0.3, -0.25) is 9.59 Å². The molecule has 146 valence electrons. The lowest BCUT2D eigenvalue weighted by Gasteiger charge is -2.59. The van der Waals surface area contributed by atoms with Gasteiger partial charge in [-0.15, -0.1) is 0 Å². The molecule has 5 fully saturated rings. The maximum Gasteiger partial charge on any atom is 0.225 e. The number of likely N-dealkylation sites (tertiary alicyclic amines) is 1. The predicted octanol–water partition coefficient (Wildman–Crippen LogP) is 3.35. The third-order valence-corrected chi connectivity index (χ3v) is 7.88. The summed E-state index contributed by atoms with van der Waals surface area (Å²) in [4.78, 5) is 27.0. The zero-order chi connectivity index (χ0) is 18.6. The predicted molar refractivity (Wildman–Crippen MR) is 100 cm³/mol. The molecule has 0 aromatic carbocycles. The summed E-state index contributed by atoms with van der Waals surface area (Å²) in [6.45, 7) is 3.17. The first-order chi connectivity index (χ1) is 13.0. The van der Waals surface area contributed by atoms with Gasteiger partial charge in [0.2, 0.25) is 11.8 Å². The molecule has 5 aliphatic rings. The van der Waals surface area contributed by atoms with E-state index in [-0.39, 0.29) is 23.8 Å². The molecule has 27 heavy (non-hydrogen) atoms. The molecule has 4 aliphatic carbocycles. The third-order valence-electron chi connectivity index (χ3n) is 7.88. The molecule has 1 aromatic rings. The van der Waals surface area contributed by atoms with Crippen LogP contribution in [-0.2, 0) is 16.1 Å². The minimum absolute atomic E-state index is 0.0500. The Morgan fingerprint density at radius 1 is 1.26 bits per heavy atom. The molecule has 4 bridgehead atoms. The number of rotatable bonds is 5. The van der Waals surface area contributed by atoms with Gasteiger partial charge in [-0.05, 0) is 80.8 Å². The van der Waals surface area contributed by atoms with Crippen LogP contribution in [0.5, 0.6) is 0 Å². The lowest BCUT2D eigenvalue weighted by atomic mass is 9.48. The molecule has 5 nitrogen and oxygen atoms in total. The maximum atomic E-state index is 12.9. The van der Waals surface area contributed by atoms with Crippen molar-refractivity contribution in [2.24, 2.45) is 29.1 Å². The highest BCUT2D eigenvalue weighted by molar-refractivity contribution is 5.89. The van der Waals surface area contributed by atoms with Crippen LogP contribution in [0, 0.1) is 29.1 Å². The highest BCUT2D eigenvalue weighted by Crippen LogP contribution is 2.61. The summed E-state index contributed by atoms with van der Waals surface area (Å²) in [5.41, 5.74) is 0.306. The van der Waals surface area contributed by atoms with Crippen LogP contribution in [0.1, 0.15) is 57.6 Å². The van der Waals surface area contributed by atoms with E-state index in [1.807, 2.05) is 12.1 Å². The topological polar surface area (TPSA) is 62.6 Å². The number of nitrogens with zero attached hydrogens (tertiary/aromatic N) is 1. The fourth-order valence-electron chi connectivity index (χ4n) is 6.88. The van der Waals surface area contributed by atoms with Crippen molar-refractivity contribution in [1.29, 1.82) is 0 Å². The van der Waals surface area contributed by atoms with Crippen molar-refractivity contribution in [2.45, 2.75) is 64.5 Å². The minimum Gasteiger partial charge on any atom is -0.467 e. The molecule has 4 saturated carbocycles. The molecule has 1 aliphatic heterocycles. The van der Waals surface area contributed by atoms with E-state index in [0.29, 0.717) is 24.9 Å². The lowest BCUT2D eigenvalue weighted by Crippen LogP contribution is -2.56. The quantitative estimate of drug-likeness (QED) is 0.865. The molecule has 2 atom stereocenters. The molecule has 1 aromatic heterocycles. The van der Waals surface area contributed by atoms with Crippen LogP contribution in [-0.4, -0.2) is 29.3 Å². The van der Waals surface area contributed by atoms with Crippen molar-refractivity contribution in [3.63, 3.8) is 0 Å². The fourth-order valence-corrected chi connectivity index (χ4v) is 6.88. The van der Waals surface area contributed by atoms with E-state index in [4.69, 9.17) is 4.42 Å². The second-order valence-electron chi connectivity index (χ2n) is 9.76. The Labute approximate surface area is 160 Å². The Morgan fingerprint density at radius 2 is 1.93 bits per heavy atom. The molecule has 1 N–H and O–H groups in total. The Bertz CT molecular complexity index is 691. The SMILES string of the molecule is C[C@H](NC(=O)[C@H]1CC(=O)N(Cc2ccco2)C1)C12CC3CC(CC(C3)C1)C2. The average molecular weight is 370 g/mol. The summed E-state index contributed by atoms with van der Waals surface area (Å²) >= 11 is 0. The van der Waals surface area contributed by atoms with E-state index in [1.165, 1.54) is 38.5 Å². The normalized spacial score (nSPS) is 38.4. The summed E-state index contributed by atoms with van der Waals surface area (Å²) in [5, 5.41) is 3.34. The molecular weight excluding hydrogens is 340 g/mol. The number of carbonyl (C=O) groups excluding carboxylic acids is 2. The first-order valence-electron chi connectivity index (χ1n) is 10.6. The maximum absolute atomic E-state index is 12.9. The molecule has 0 spiro atoms. The van der Waals surface area contributed by atoms with Gasteiger partial charge in [-0.25, -0.2) is 0 Å². The summed E-state index contributed by atoms with van der Waals surface area (Å²) < 4.78 is 5.35. The number of nitrogens with one attached hydrogen (secondary N) is 1. The molecule has 2 heterocycles. The molecule has 6 rings (SSSR count). The summed E-state index contributed by atoms with van der Waals surface area (Å²) in [6.07, 6.45) is 10.0. The van der Waals surface area contributed by atoms with Gasteiger partial charge >= 0.3 is 0 Å². The zero-order valence-corrected chi connectivity index (χ0v) is 16.2. The monoisotopic (exact) mass is 370 g/mol. The van der Waals surface area contributed by atoms with Crippen molar-refractivity contribution in [3.8, 4) is 0 Å². The number of hydrogen-bond donors (Lipinski definition) is 1. The van der Waals surface area contributed by atoms with Crippen molar-refractivity contribution < 1.29 is 14.0 Å². The smallest absolute Gasteiger partial charge is 0.225 e. The highest BCUT2D eigenvalue weighted by Gasteiger charge is 2.53. The molecule has 2 amide bonds. The van der Waals surface area contributed by atoms with Crippen LogP contribution in [0.4, 0.5) is 0 Å². The average Bonchev–Trinajstić information content (AvgIpc) is 3.24. The van der Waals surface area contributed by atoms with Gasteiger partial charge in [-0.1, -0.05) is 0 Å². The third kappa shape index (κ3) is 3.09. The van der Waals surface area contributed by atoms with E-state index >= 15 is 0 Å². The van der Waals surface area contributed by atoms with Crippen LogP contribution in [0.2, 0.25) is 0 Å². The molecular formula is C22H30N2O3. The van der Waals surface area contributed by atoms with Crippen LogP contribution >= 0.6 is 0 Å². The van der Waals surface area contributed by atoms with Gasteiger partial charge in [0.05, 0.1) is 18.7 Å². The lowest BCUT2D eigenvalue weighted by molar-refractivity contribution is -0.131. The molecule has 0 unspecified atom stereocenters. The number of amides is 2. The van der Waals surface area contributed by atoms with Crippen LogP contribution in [0.3, 0.4) is 0 Å². The first-order valence-corrected chi connectivity index (χ1v) is 10.6. The summed E-state index contributed by atoms with van der Waals surface area (Å²) in [6, 6.07) is 3.91. The second-order valence-corrected chi connectivity index (χ2v) is 9.76.